The van der Waals surface area contributed by atoms with E-state index < -0.39 is 11.7 Å². The van der Waals surface area contributed by atoms with Crippen molar-refractivity contribution in [2.24, 2.45) is 4.99 Å². The van der Waals surface area contributed by atoms with Crippen LogP contribution in [0.15, 0.2) is 58.0 Å². The molecule has 0 saturated carbocycles. The molecule has 1 atom stereocenters. The lowest BCUT2D eigenvalue weighted by Crippen LogP contribution is -2.47. The number of aliphatic imine (C=N–C) groups is 1. The lowest BCUT2D eigenvalue weighted by Gasteiger charge is -2.21. The lowest BCUT2D eigenvalue weighted by atomic mass is 10.0. The maximum atomic E-state index is 13.2. The van der Waals surface area contributed by atoms with E-state index in [4.69, 9.17) is 0 Å². The summed E-state index contributed by atoms with van der Waals surface area (Å²) in [5, 5.41) is 5.03. The molecule has 0 spiro atoms. The monoisotopic (exact) mass is 389 g/mol. The highest BCUT2D eigenvalue weighted by Crippen LogP contribution is 2.24. The van der Waals surface area contributed by atoms with Crippen LogP contribution < -0.4 is 10.6 Å². The van der Waals surface area contributed by atoms with E-state index in [0.717, 1.165) is 16.1 Å². The van der Waals surface area contributed by atoms with Crippen molar-refractivity contribution in [3.05, 3.63) is 69.9 Å². The van der Waals surface area contributed by atoms with Crippen molar-refractivity contribution in [2.75, 3.05) is 0 Å². The number of halogens is 2. The van der Waals surface area contributed by atoms with Crippen molar-refractivity contribution in [3.8, 4) is 0 Å². The third-order valence-corrected chi connectivity index (χ3v) is 4.02. The predicted molar refractivity (Wildman–Crippen MR) is 90.9 cm³/mol. The Labute approximate surface area is 146 Å². The molecule has 0 fully saturated rings. The maximum Gasteiger partial charge on any atom is 0.258 e. The van der Waals surface area contributed by atoms with Crippen molar-refractivity contribution in [2.45, 2.75) is 12.5 Å². The van der Waals surface area contributed by atoms with Crippen LogP contribution in [-0.4, -0.2) is 17.8 Å². The van der Waals surface area contributed by atoms with Crippen LogP contribution in [-0.2, 0) is 4.79 Å². The molecule has 0 radical (unpaired) electrons. The quantitative estimate of drug-likeness (QED) is 0.828. The standard InChI is InChI=1S/C17H13BrFN3O2/c18-12-6-4-10(5-7-12)14-9-15(23)21-17(20-14)22-16(24)11-2-1-3-13(19)8-11/h1-8,14H,9H2,(H2,20,21,22,23,24)/t14-/m1/s1. The Hall–Kier alpha value is -2.54. The molecule has 3 rings (SSSR count). The molecule has 24 heavy (non-hydrogen) atoms. The fraction of sp³-hybridized carbons (Fsp3) is 0.118. The van der Waals surface area contributed by atoms with Crippen molar-refractivity contribution in [1.82, 2.24) is 10.6 Å². The van der Waals surface area contributed by atoms with E-state index in [1.165, 1.54) is 18.2 Å². The third-order valence-electron chi connectivity index (χ3n) is 3.50. The normalized spacial score (nSPS) is 17.0. The molecular formula is C17H13BrFN3O2. The summed E-state index contributed by atoms with van der Waals surface area (Å²) in [4.78, 5) is 28.4. The minimum atomic E-state index is -0.537. The van der Waals surface area contributed by atoms with Gasteiger partial charge in [-0.15, -0.1) is 0 Å². The molecule has 1 aliphatic heterocycles. The Morgan fingerprint density at radius 3 is 2.71 bits per heavy atom. The molecule has 0 bridgehead atoms. The molecule has 122 valence electrons. The zero-order valence-corrected chi connectivity index (χ0v) is 14.0. The van der Waals surface area contributed by atoms with E-state index in [2.05, 4.69) is 31.6 Å². The Balaban J connectivity index is 1.80. The Kier molecular flexibility index (Phi) is 4.71. The van der Waals surface area contributed by atoms with Gasteiger partial charge in [-0.3, -0.25) is 20.2 Å². The number of hydrogen-bond donors (Lipinski definition) is 2. The van der Waals surface area contributed by atoms with Gasteiger partial charge in [0.15, 0.2) is 0 Å². The zero-order chi connectivity index (χ0) is 17.1. The van der Waals surface area contributed by atoms with Gasteiger partial charge < -0.3 is 0 Å². The molecule has 1 heterocycles. The number of rotatable bonds is 2. The van der Waals surface area contributed by atoms with Crippen molar-refractivity contribution in [1.29, 1.82) is 0 Å². The number of nitrogens with zero attached hydrogens (tertiary/aromatic N) is 1. The van der Waals surface area contributed by atoms with Gasteiger partial charge in [-0.25, -0.2) is 9.38 Å². The van der Waals surface area contributed by atoms with Gasteiger partial charge in [0.25, 0.3) is 5.91 Å². The summed E-state index contributed by atoms with van der Waals surface area (Å²) < 4.78 is 14.1. The van der Waals surface area contributed by atoms with Crippen LogP contribution in [0.25, 0.3) is 0 Å². The molecule has 7 heteroatoms. The summed E-state index contributed by atoms with van der Waals surface area (Å²) in [6, 6.07) is 12.4. The highest BCUT2D eigenvalue weighted by atomic mass is 79.9. The summed E-state index contributed by atoms with van der Waals surface area (Å²) in [6.07, 6.45) is 0.195. The molecule has 2 amide bonds. The summed E-state index contributed by atoms with van der Waals surface area (Å²) in [5.74, 6) is -1.23. The van der Waals surface area contributed by atoms with Crippen LogP contribution in [0.4, 0.5) is 4.39 Å². The maximum absolute atomic E-state index is 13.2. The number of carbonyl (C=O) groups excluding carboxylic acids is 2. The van der Waals surface area contributed by atoms with Gasteiger partial charge in [-0.05, 0) is 35.9 Å². The molecule has 0 saturated heterocycles. The van der Waals surface area contributed by atoms with Gasteiger partial charge in [0.05, 0.1) is 12.5 Å². The number of amides is 2. The van der Waals surface area contributed by atoms with E-state index in [0.29, 0.717) is 0 Å². The average molecular weight is 390 g/mol. The first-order chi connectivity index (χ1) is 11.5. The molecule has 2 aromatic rings. The molecular weight excluding hydrogens is 377 g/mol. The van der Waals surface area contributed by atoms with Gasteiger partial charge in [0, 0.05) is 10.0 Å². The molecule has 0 aliphatic carbocycles. The summed E-state index contributed by atoms with van der Waals surface area (Å²) in [5.41, 5.74) is 1.02. The fourth-order valence-electron chi connectivity index (χ4n) is 2.34. The van der Waals surface area contributed by atoms with Gasteiger partial charge in [0.2, 0.25) is 11.9 Å². The number of nitrogens with one attached hydrogen (secondary N) is 2. The number of carbonyl (C=O) groups is 2. The molecule has 2 N–H and O–H groups in total. The van der Waals surface area contributed by atoms with Crippen LogP contribution in [0.5, 0.6) is 0 Å². The van der Waals surface area contributed by atoms with Gasteiger partial charge >= 0.3 is 0 Å². The minimum Gasteiger partial charge on any atom is -0.296 e. The second-order valence-electron chi connectivity index (χ2n) is 5.26. The summed E-state index contributed by atoms with van der Waals surface area (Å²) in [7, 11) is 0. The first kappa shape index (κ1) is 16.3. The van der Waals surface area contributed by atoms with Gasteiger partial charge in [-0.2, -0.15) is 0 Å². The van der Waals surface area contributed by atoms with Crippen LogP contribution in [0.2, 0.25) is 0 Å². The van der Waals surface area contributed by atoms with Gasteiger partial charge in [-0.1, -0.05) is 34.1 Å². The summed E-state index contributed by atoms with van der Waals surface area (Å²) >= 11 is 3.35. The second kappa shape index (κ2) is 6.92. The smallest absolute Gasteiger partial charge is 0.258 e. The van der Waals surface area contributed by atoms with E-state index in [1.54, 1.807) is 0 Å². The lowest BCUT2D eigenvalue weighted by molar-refractivity contribution is -0.120. The van der Waals surface area contributed by atoms with E-state index in [9.17, 15) is 14.0 Å². The third kappa shape index (κ3) is 3.86. The minimum absolute atomic E-state index is 0.0634. The topological polar surface area (TPSA) is 70.6 Å². The predicted octanol–water partition coefficient (Wildman–Crippen LogP) is 2.94. The molecule has 0 unspecified atom stereocenters. The van der Waals surface area contributed by atoms with Gasteiger partial charge in [0.1, 0.15) is 5.82 Å². The highest BCUT2D eigenvalue weighted by Gasteiger charge is 2.23. The van der Waals surface area contributed by atoms with E-state index >= 15 is 0 Å². The first-order valence-corrected chi connectivity index (χ1v) is 8.00. The summed E-state index contributed by atoms with van der Waals surface area (Å²) in [6.45, 7) is 0. The fourth-order valence-corrected chi connectivity index (χ4v) is 2.61. The van der Waals surface area contributed by atoms with E-state index in [1.807, 2.05) is 24.3 Å². The van der Waals surface area contributed by atoms with Crippen LogP contribution in [0.3, 0.4) is 0 Å². The van der Waals surface area contributed by atoms with Crippen LogP contribution in [0.1, 0.15) is 28.4 Å². The van der Waals surface area contributed by atoms with Crippen molar-refractivity contribution >= 4 is 33.7 Å². The zero-order valence-electron chi connectivity index (χ0n) is 12.4. The van der Waals surface area contributed by atoms with Crippen LogP contribution in [0, 0.1) is 5.82 Å². The number of guanidine groups is 1. The van der Waals surface area contributed by atoms with Crippen molar-refractivity contribution in [3.63, 3.8) is 0 Å². The molecule has 0 aromatic heterocycles. The first-order valence-electron chi connectivity index (χ1n) is 7.21. The molecule has 5 nitrogen and oxygen atoms in total. The van der Waals surface area contributed by atoms with Crippen LogP contribution >= 0.6 is 15.9 Å². The average Bonchev–Trinajstić information content (AvgIpc) is 2.55. The molecule has 1 aliphatic rings. The molecule has 2 aromatic carbocycles. The number of hydrogen-bond acceptors (Lipinski definition) is 3. The Morgan fingerprint density at radius 1 is 1.25 bits per heavy atom. The Morgan fingerprint density at radius 2 is 2.00 bits per heavy atom. The highest BCUT2D eigenvalue weighted by molar-refractivity contribution is 9.10. The Bertz CT molecular complexity index is 821. The SMILES string of the molecule is O=C1C[C@H](c2ccc(Br)cc2)N=C(NC(=O)c2cccc(F)c2)N1. The van der Waals surface area contributed by atoms with Crippen molar-refractivity contribution < 1.29 is 14.0 Å². The largest absolute Gasteiger partial charge is 0.296 e. The van der Waals surface area contributed by atoms with E-state index in [-0.39, 0.29) is 29.9 Å². The second-order valence-corrected chi connectivity index (χ2v) is 6.18. The number of benzene rings is 2.